The molecule has 0 spiro atoms. The number of benzene rings is 2. The number of amides is 1. The van der Waals surface area contributed by atoms with E-state index in [1.807, 2.05) is 6.92 Å². The minimum Gasteiger partial charge on any atom is -0.399 e. The van der Waals surface area contributed by atoms with Gasteiger partial charge in [0.2, 0.25) is 5.91 Å². The fraction of sp³-hybridized carbons (Fsp3) is 0.133. The molecule has 3 nitrogen and oxygen atoms in total. The lowest BCUT2D eigenvalue weighted by Crippen LogP contribution is -2.15. The van der Waals surface area contributed by atoms with E-state index in [1.54, 1.807) is 36.4 Å². The molecular formula is C15H15FN2O. The minimum absolute atomic E-state index is 0.0100. The quantitative estimate of drug-likeness (QED) is 0.832. The number of carbonyl (C=O) groups is 1. The predicted octanol–water partition coefficient (Wildman–Crippen LogP) is 2.90. The van der Waals surface area contributed by atoms with Crippen LogP contribution in [-0.2, 0) is 11.2 Å². The lowest BCUT2D eigenvalue weighted by molar-refractivity contribution is -0.115. The van der Waals surface area contributed by atoms with Gasteiger partial charge in [-0.1, -0.05) is 18.2 Å². The first kappa shape index (κ1) is 13.1. The predicted molar refractivity (Wildman–Crippen MR) is 74.3 cm³/mol. The number of anilines is 2. The Morgan fingerprint density at radius 2 is 2.00 bits per heavy atom. The van der Waals surface area contributed by atoms with Crippen molar-refractivity contribution in [2.45, 2.75) is 13.3 Å². The molecule has 0 bridgehead atoms. The fourth-order valence-corrected chi connectivity index (χ4v) is 1.77. The lowest BCUT2D eigenvalue weighted by Gasteiger charge is -2.08. The molecule has 0 aliphatic carbocycles. The van der Waals surface area contributed by atoms with E-state index in [1.165, 1.54) is 6.07 Å². The van der Waals surface area contributed by atoms with Crippen LogP contribution in [0.2, 0.25) is 0 Å². The number of rotatable bonds is 3. The molecule has 1 amide bonds. The number of nitrogens with one attached hydrogen (secondary N) is 1. The van der Waals surface area contributed by atoms with Crippen LogP contribution in [0.3, 0.4) is 0 Å². The minimum atomic E-state index is -0.369. The molecule has 4 heteroatoms. The summed E-state index contributed by atoms with van der Waals surface area (Å²) in [6.45, 7) is 1.86. The van der Waals surface area contributed by atoms with Gasteiger partial charge in [-0.3, -0.25) is 4.79 Å². The van der Waals surface area contributed by atoms with E-state index in [0.717, 1.165) is 5.56 Å². The number of hydrogen-bond donors (Lipinski definition) is 2. The Kier molecular flexibility index (Phi) is 3.80. The third-order valence-electron chi connectivity index (χ3n) is 2.86. The summed E-state index contributed by atoms with van der Waals surface area (Å²) in [5.41, 5.74) is 8.31. The molecule has 2 aromatic carbocycles. The molecule has 19 heavy (non-hydrogen) atoms. The largest absolute Gasteiger partial charge is 0.399 e. The van der Waals surface area contributed by atoms with Crippen LogP contribution >= 0.6 is 0 Å². The Hall–Kier alpha value is -2.36. The van der Waals surface area contributed by atoms with Crippen molar-refractivity contribution in [2.24, 2.45) is 0 Å². The van der Waals surface area contributed by atoms with Crippen molar-refractivity contribution in [3.05, 3.63) is 59.4 Å². The number of hydrogen-bond acceptors (Lipinski definition) is 2. The summed E-state index contributed by atoms with van der Waals surface area (Å²) < 4.78 is 13.4. The molecule has 0 saturated carbocycles. The molecule has 0 saturated heterocycles. The van der Waals surface area contributed by atoms with Crippen molar-refractivity contribution in [3.8, 4) is 0 Å². The molecule has 0 fully saturated rings. The maximum atomic E-state index is 13.4. The fourth-order valence-electron chi connectivity index (χ4n) is 1.77. The molecule has 2 rings (SSSR count). The summed E-state index contributed by atoms with van der Waals surface area (Å²) in [7, 11) is 0. The number of nitrogen functional groups attached to an aromatic ring is 1. The maximum absolute atomic E-state index is 13.4. The van der Waals surface area contributed by atoms with Crippen molar-refractivity contribution in [2.75, 3.05) is 11.1 Å². The Bertz CT molecular complexity index is 611. The molecule has 0 atom stereocenters. The molecule has 0 aromatic heterocycles. The molecule has 0 radical (unpaired) electrons. The summed E-state index contributed by atoms with van der Waals surface area (Å²) >= 11 is 0. The summed E-state index contributed by atoms with van der Waals surface area (Å²) in [5.74, 6) is -0.625. The smallest absolute Gasteiger partial charge is 0.228 e. The van der Waals surface area contributed by atoms with E-state index >= 15 is 0 Å². The number of nitrogens with two attached hydrogens (primary N) is 1. The van der Waals surface area contributed by atoms with E-state index in [-0.39, 0.29) is 18.1 Å². The number of halogens is 1. The standard InChI is InChI=1S/C15H15FN2O/c1-10-8-12(6-7-14(10)17)18-15(19)9-11-4-2-3-5-13(11)16/h2-8H,9,17H2,1H3,(H,18,19). The molecule has 0 aliphatic heterocycles. The highest BCUT2D eigenvalue weighted by molar-refractivity contribution is 5.92. The van der Waals surface area contributed by atoms with Gasteiger partial charge in [-0.15, -0.1) is 0 Å². The van der Waals surface area contributed by atoms with Gasteiger partial charge in [0.15, 0.2) is 0 Å². The second-order valence-electron chi connectivity index (χ2n) is 4.39. The van der Waals surface area contributed by atoms with Crippen molar-refractivity contribution in [3.63, 3.8) is 0 Å². The van der Waals surface area contributed by atoms with Crippen molar-refractivity contribution in [1.82, 2.24) is 0 Å². The van der Waals surface area contributed by atoms with Crippen LogP contribution in [-0.4, -0.2) is 5.91 Å². The van der Waals surface area contributed by atoms with Gasteiger partial charge in [-0.25, -0.2) is 4.39 Å². The number of carbonyl (C=O) groups excluding carboxylic acids is 1. The SMILES string of the molecule is Cc1cc(NC(=O)Cc2ccccc2F)ccc1N. The Morgan fingerprint density at radius 1 is 1.26 bits per heavy atom. The van der Waals surface area contributed by atoms with Gasteiger partial charge >= 0.3 is 0 Å². The van der Waals surface area contributed by atoms with Crippen molar-refractivity contribution >= 4 is 17.3 Å². The first-order valence-electron chi connectivity index (χ1n) is 5.95. The maximum Gasteiger partial charge on any atom is 0.228 e. The molecular weight excluding hydrogens is 243 g/mol. The first-order chi connectivity index (χ1) is 9.06. The van der Waals surface area contributed by atoms with Crippen molar-refractivity contribution in [1.29, 1.82) is 0 Å². The highest BCUT2D eigenvalue weighted by Crippen LogP contribution is 2.17. The zero-order valence-electron chi connectivity index (χ0n) is 10.6. The van der Waals surface area contributed by atoms with Crippen LogP contribution in [0.1, 0.15) is 11.1 Å². The van der Waals surface area contributed by atoms with Crippen LogP contribution < -0.4 is 11.1 Å². The van der Waals surface area contributed by atoms with Crippen LogP contribution in [0, 0.1) is 12.7 Å². The van der Waals surface area contributed by atoms with Crippen molar-refractivity contribution < 1.29 is 9.18 Å². The second-order valence-corrected chi connectivity index (χ2v) is 4.39. The average Bonchev–Trinajstić information content (AvgIpc) is 2.37. The van der Waals surface area contributed by atoms with Gasteiger partial charge in [-0.2, -0.15) is 0 Å². The van der Waals surface area contributed by atoms with E-state index in [9.17, 15) is 9.18 Å². The molecule has 0 unspecified atom stereocenters. The van der Waals surface area contributed by atoms with E-state index in [0.29, 0.717) is 16.9 Å². The van der Waals surface area contributed by atoms with Gasteiger partial charge in [0.05, 0.1) is 6.42 Å². The van der Waals surface area contributed by atoms with Gasteiger partial charge in [0.25, 0.3) is 0 Å². The molecule has 0 heterocycles. The Morgan fingerprint density at radius 3 is 2.68 bits per heavy atom. The molecule has 0 aliphatic rings. The third-order valence-corrected chi connectivity index (χ3v) is 2.86. The third kappa shape index (κ3) is 3.31. The summed E-state index contributed by atoms with van der Waals surface area (Å²) in [4.78, 5) is 11.8. The zero-order chi connectivity index (χ0) is 13.8. The van der Waals surface area contributed by atoms with Crippen LogP contribution in [0.15, 0.2) is 42.5 Å². The van der Waals surface area contributed by atoms with Crippen LogP contribution in [0.4, 0.5) is 15.8 Å². The highest BCUT2D eigenvalue weighted by atomic mass is 19.1. The topological polar surface area (TPSA) is 55.1 Å². The van der Waals surface area contributed by atoms with Crippen LogP contribution in [0.5, 0.6) is 0 Å². The second kappa shape index (κ2) is 5.52. The first-order valence-corrected chi connectivity index (χ1v) is 5.95. The van der Waals surface area contributed by atoms with Gasteiger partial charge in [0, 0.05) is 11.4 Å². The average molecular weight is 258 g/mol. The summed E-state index contributed by atoms with van der Waals surface area (Å²) in [5, 5.41) is 2.72. The summed E-state index contributed by atoms with van der Waals surface area (Å²) in [6, 6.07) is 11.5. The highest BCUT2D eigenvalue weighted by Gasteiger charge is 2.08. The monoisotopic (exact) mass is 258 g/mol. The van der Waals surface area contributed by atoms with E-state index in [2.05, 4.69) is 5.32 Å². The normalized spacial score (nSPS) is 10.2. The summed E-state index contributed by atoms with van der Waals surface area (Å²) in [6.07, 6.45) is 0.0100. The van der Waals surface area contributed by atoms with E-state index < -0.39 is 0 Å². The molecule has 98 valence electrons. The Balaban J connectivity index is 2.05. The van der Waals surface area contributed by atoms with Crippen LogP contribution in [0.25, 0.3) is 0 Å². The number of aryl methyl sites for hydroxylation is 1. The zero-order valence-corrected chi connectivity index (χ0v) is 10.6. The van der Waals surface area contributed by atoms with Gasteiger partial charge < -0.3 is 11.1 Å². The van der Waals surface area contributed by atoms with Gasteiger partial charge in [-0.05, 0) is 42.3 Å². The Labute approximate surface area is 111 Å². The lowest BCUT2D eigenvalue weighted by atomic mass is 10.1. The van der Waals surface area contributed by atoms with E-state index in [4.69, 9.17) is 5.73 Å². The molecule has 2 aromatic rings. The molecule has 3 N–H and O–H groups in total. The van der Waals surface area contributed by atoms with Gasteiger partial charge in [0.1, 0.15) is 5.82 Å².